The summed E-state index contributed by atoms with van der Waals surface area (Å²) >= 11 is 0. The average molecular weight is 387 g/mol. The molecule has 28 heavy (non-hydrogen) atoms. The molecule has 2 fully saturated rings. The first-order chi connectivity index (χ1) is 13.3. The second-order valence-electron chi connectivity index (χ2n) is 10.9. The lowest BCUT2D eigenvalue weighted by molar-refractivity contribution is -0.148. The van der Waals surface area contributed by atoms with Crippen molar-refractivity contribution in [2.45, 2.75) is 117 Å². The summed E-state index contributed by atoms with van der Waals surface area (Å²) in [5, 5.41) is 0. The molecule has 2 aliphatic carbocycles. The minimum absolute atomic E-state index is 0.111. The molecule has 2 nitrogen and oxygen atoms in total. The number of ether oxygens (including phenoxy) is 2. The molecule has 1 atom stereocenters. The maximum absolute atomic E-state index is 6.55. The van der Waals surface area contributed by atoms with Crippen LogP contribution < -0.4 is 4.74 Å². The summed E-state index contributed by atoms with van der Waals surface area (Å²) in [6, 6.07) is 8.73. The van der Waals surface area contributed by atoms with Crippen LogP contribution in [0.5, 0.6) is 5.75 Å². The predicted octanol–water partition coefficient (Wildman–Crippen LogP) is 7.69. The second kappa shape index (κ2) is 9.65. The molecule has 1 unspecified atom stereocenters. The quantitative estimate of drug-likeness (QED) is 0.447. The van der Waals surface area contributed by atoms with E-state index in [1.54, 1.807) is 0 Å². The van der Waals surface area contributed by atoms with Gasteiger partial charge < -0.3 is 9.47 Å². The van der Waals surface area contributed by atoms with Crippen molar-refractivity contribution in [1.82, 2.24) is 0 Å². The van der Waals surface area contributed by atoms with Crippen LogP contribution >= 0.6 is 0 Å². The van der Waals surface area contributed by atoms with E-state index in [9.17, 15) is 0 Å². The van der Waals surface area contributed by atoms with Gasteiger partial charge in [-0.3, -0.25) is 0 Å². The van der Waals surface area contributed by atoms with Crippen LogP contribution in [0.2, 0.25) is 0 Å². The van der Waals surface area contributed by atoms with Crippen molar-refractivity contribution in [3.8, 4) is 5.75 Å². The van der Waals surface area contributed by atoms with E-state index in [1.165, 1.54) is 69.8 Å². The molecule has 1 aromatic carbocycles. The van der Waals surface area contributed by atoms with Crippen LogP contribution in [-0.4, -0.2) is 12.4 Å². The summed E-state index contributed by atoms with van der Waals surface area (Å²) in [5.74, 6) is 0.956. The highest BCUT2D eigenvalue weighted by Crippen LogP contribution is 2.41. The Labute approximate surface area is 173 Å². The standard InChI is InChI=1S/C26H42O2/c1-25(2,3)19-21-13-15-23(16-14-21)28-24(27-22-11-7-5-8-12-22)20-26(4)17-9-6-10-18-26/h13-16,22,24H,5-12,17-20H2,1-4H3. The van der Waals surface area contributed by atoms with Crippen LogP contribution in [0.15, 0.2) is 24.3 Å². The van der Waals surface area contributed by atoms with Gasteiger partial charge >= 0.3 is 0 Å². The van der Waals surface area contributed by atoms with Crippen molar-refractivity contribution in [3.63, 3.8) is 0 Å². The topological polar surface area (TPSA) is 18.5 Å². The van der Waals surface area contributed by atoms with Crippen LogP contribution in [0.25, 0.3) is 0 Å². The van der Waals surface area contributed by atoms with E-state index in [4.69, 9.17) is 9.47 Å². The molecule has 2 saturated carbocycles. The number of hydrogen-bond acceptors (Lipinski definition) is 2. The van der Waals surface area contributed by atoms with Gasteiger partial charge in [-0.05, 0) is 60.6 Å². The third-order valence-corrected chi connectivity index (χ3v) is 6.54. The molecule has 0 amide bonds. The van der Waals surface area contributed by atoms with Crippen molar-refractivity contribution in [1.29, 1.82) is 0 Å². The maximum Gasteiger partial charge on any atom is 0.200 e. The highest BCUT2D eigenvalue weighted by atomic mass is 16.7. The molecule has 0 aromatic heterocycles. The lowest BCUT2D eigenvalue weighted by Crippen LogP contribution is -2.34. The van der Waals surface area contributed by atoms with Gasteiger partial charge in [0.25, 0.3) is 0 Å². The van der Waals surface area contributed by atoms with Crippen molar-refractivity contribution < 1.29 is 9.47 Å². The van der Waals surface area contributed by atoms with E-state index in [0.29, 0.717) is 16.9 Å². The molecule has 2 aliphatic rings. The SMILES string of the molecule is CC(C)(C)Cc1ccc(OC(CC2(C)CCCCC2)OC2CCCCC2)cc1. The highest BCUT2D eigenvalue weighted by molar-refractivity contribution is 5.28. The second-order valence-corrected chi connectivity index (χ2v) is 10.9. The lowest BCUT2D eigenvalue weighted by atomic mass is 9.73. The fourth-order valence-electron chi connectivity index (χ4n) is 5.00. The van der Waals surface area contributed by atoms with Gasteiger partial charge in [0.15, 0.2) is 0 Å². The zero-order valence-corrected chi connectivity index (χ0v) is 18.8. The molecule has 2 heteroatoms. The van der Waals surface area contributed by atoms with Crippen LogP contribution in [-0.2, 0) is 11.2 Å². The molecular formula is C26H42O2. The van der Waals surface area contributed by atoms with Crippen molar-refractivity contribution in [2.75, 3.05) is 0 Å². The van der Waals surface area contributed by atoms with E-state index in [1.807, 2.05) is 0 Å². The first kappa shape index (κ1) is 21.7. The third-order valence-electron chi connectivity index (χ3n) is 6.54. The maximum atomic E-state index is 6.55. The van der Waals surface area contributed by atoms with Crippen LogP contribution in [0.4, 0.5) is 0 Å². The van der Waals surface area contributed by atoms with Gasteiger partial charge in [0.1, 0.15) is 5.75 Å². The molecule has 0 aliphatic heterocycles. The van der Waals surface area contributed by atoms with E-state index < -0.39 is 0 Å². The van der Waals surface area contributed by atoms with E-state index in [-0.39, 0.29) is 6.29 Å². The zero-order chi connectivity index (χ0) is 20.0. The van der Waals surface area contributed by atoms with Gasteiger partial charge in [0, 0.05) is 6.42 Å². The lowest BCUT2D eigenvalue weighted by Gasteiger charge is -2.38. The fraction of sp³-hybridized carbons (Fsp3) is 0.769. The molecule has 0 bridgehead atoms. The Morgan fingerprint density at radius 2 is 1.54 bits per heavy atom. The molecule has 0 spiro atoms. The van der Waals surface area contributed by atoms with E-state index in [0.717, 1.165) is 18.6 Å². The molecule has 0 saturated heterocycles. The Morgan fingerprint density at radius 3 is 2.14 bits per heavy atom. The molecule has 0 heterocycles. The van der Waals surface area contributed by atoms with E-state index in [2.05, 4.69) is 52.0 Å². The Bertz CT molecular complexity index is 571. The van der Waals surface area contributed by atoms with E-state index >= 15 is 0 Å². The molecule has 158 valence electrons. The monoisotopic (exact) mass is 386 g/mol. The van der Waals surface area contributed by atoms with Gasteiger partial charge in [0.05, 0.1) is 6.10 Å². The van der Waals surface area contributed by atoms with Crippen LogP contribution in [0.3, 0.4) is 0 Å². The summed E-state index contributed by atoms with van der Waals surface area (Å²) in [4.78, 5) is 0. The van der Waals surface area contributed by atoms with Crippen molar-refractivity contribution in [3.05, 3.63) is 29.8 Å². The Kier molecular flexibility index (Phi) is 7.48. The molecule has 0 radical (unpaired) electrons. The van der Waals surface area contributed by atoms with Crippen LogP contribution in [0.1, 0.15) is 104 Å². The zero-order valence-electron chi connectivity index (χ0n) is 18.8. The van der Waals surface area contributed by atoms with Gasteiger partial charge in [-0.15, -0.1) is 0 Å². The Balaban J connectivity index is 1.65. The van der Waals surface area contributed by atoms with Gasteiger partial charge in [0.2, 0.25) is 6.29 Å². The minimum atomic E-state index is -0.111. The normalized spacial score (nSPS) is 22.0. The first-order valence-electron chi connectivity index (χ1n) is 11.7. The number of benzene rings is 1. The molecule has 3 rings (SSSR count). The third kappa shape index (κ3) is 7.10. The molecular weight excluding hydrogens is 344 g/mol. The first-order valence-corrected chi connectivity index (χ1v) is 11.7. The van der Waals surface area contributed by atoms with Crippen molar-refractivity contribution >= 4 is 0 Å². The largest absolute Gasteiger partial charge is 0.465 e. The Morgan fingerprint density at radius 1 is 0.929 bits per heavy atom. The highest BCUT2D eigenvalue weighted by Gasteiger charge is 2.33. The fourth-order valence-corrected chi connectivity index (χ4v) is 5.00. The van der Waals surface area contributed by atoms with Gasteiger partial charge in [-0.2, -0.15) is 0 Å². The van der Waals surface area contributed by atoms with Crippen LogP contribution in [0, 0.1) is 10.8 Å². The van der Waals surface area contributed by atoms with Crippen molar-refractivity contribution in [2.24, 2.45) is 10.8 Å². The smallest absolute Gasteiger partial charge is 0.200 e. The minimum Gasteiger partial charge on any atom is -0.465 e. The predicted molar refractivity (Wildman–Crippen MR) is 118 cm³/mol. The van der Waals surface area contributed by atoms with Gasteiger partial charge in [-0.1, -0.05) is 78.4 Å². The summed E-state index contributed by atoms with van der Waals surface area (Å²) in [6.45, 7) is 9.31. The van der Waals surface area contributed by atoms with Gasteiger partial charge in [-0.25, -0.2) is 0 Å². The molecule has 0 N–H and O–H groups in total. The summed E-state index contributed by atoms with van der Waals surface area (Å²) in [7, 11) is 0. The molecule has 1 aromatic rings. The Hall–Kier alpha value is -1.02. The number of rotatable bonds is 7. The number of hydrogen-bond donors (Lipinski definition) is 0. The average Bonchev–Trinajstić information content (AvgIpc) is 2.63. The summed E-state index contributed by atoms with van der Waals surface area (Å²) in [6.07, 6.45) is 15.5. The summed E-state index contributed by atoms with van der Waals surface area (Å²) < 4.78 is 13.0. The summed E-state index contributed by atoms with van der Waals surface area (Å²) in [5.41, 5.74) is 2.05.